The molecule has 1 saturated carbocycles. The summed E-state index contributed by atoms with van der Waals surface area (Å²) in [5, 5.41) is 3.23. The molecule has 1 N–H and O–H groups in total. The number of anilines is 1. The van der Waals surface area contributed by atoms with Crippen molar-refractivity contribution in [1.82, 2.24) is 5.32 Å². The van der Waals surface area contributed by atoms with Gasteiger partial charge in [0.1, 0.15) is 5.82 Å². The summed E-state index contributed by atoms with van der Waals surface area (Å²) in [7, 11) is 2.01. The summed E-state index contributed by atoms with van der Waals surface area (Å²) in [6.45, 7) is 4.68. The van der Waals surface area contributed by atoms with E-state index in [0.29, 0.717) is 0 Å². The molecular weight excluding hydrogens is 251 g/mol. The molecule has 1 fully saturated rings. The van der Waals surface area contributed by atoms with Gasteiger partial charge in [0.05, 0.1) is 5.69 Å². The maximum atomic E-state index is 14.2. The van der Waals surface area contributed by atoms with Crippen LogP contribution in [0, 0.1) is 11.7 Å². The lowest BCUT2D eigenvalue weighted by molar-refractivity contribution is 0.361. The molecule has 1 aliphatic carbocycles. The van der Waals surface area contributed by atoms with Crippen LogP contribution in [0.2, 0.25) is 0 Å². The fourth-order valence-corrected chi connectivity index (χ4v) is 3.09. The summed E-state index contributed by atoms with van der Waals surface area (Å²) in [6.07, 6.45) is 6.63. The van der Waals surface area contributed by atoms with Crippen molar-refractivity contribution in [1.29, 1.82) is 0 Å². The second kappa shape index (κ2) is 7.63. The largest absolute Gasteiger partial charge is 0.372 e. The molecule has 0 saturated heterocycles. The van der Waals surface area contributed by atoms with E-state index in [0.717, 1.165) is 36.8 Å². The zero-order chi connectivity index (χ0) is 14.4. The molecule has 0 amide bonds. The normalized spacial score (nSPS) is 16.4. The predicted molar refractivity (Wildman–Crippen MR) is 83.6 cm³/mol. The molecule has 0 heterocycles. The van der Waals surface area contributed by atoms with Gasteiger partial charge in [0.25, 0.3) is 0 Å². The lowest BCUT2D eigenvalue weighted by atomic mass is 9.89. The Morgan fingerprint density at radius 2 is 2.00 bits per heavy atom. The second-order valence-corrected chi connectivity index (χ2v) is 5.95. The molecule has 0 spiro atoms. The summed E-state index contributed by atoms with van der Waals surface area (Å²) in [5.74, 6) is 0.633. The third-order valence-corrected chi connectivity index (χ3v) is 4.26. The van der Waals surface area contributed by atoms with Gasteiger partial charge in [-0.05, 0) is 43.0 Å². The van der Waals surface area contributed by atoms with E-state index in [9.17, 15) is 4.39 Å². The minimum Gasteiger partial charge on any atom is -0.372 e. The van der Waals surface area contributed by atoms with Gasteiger partial charge >= 0.3 is 0 Å². The van der Waals surface area contributed by atoms with Crippen LogP contribution in [0.15, 0.2) is 18.2 Å². The molecule has 3 heteroatoms. The third-order valence-electron chi connectivity index (χ3n) is 4.26. The van der Waals surface area contributed by atoms with Crippen molar-refractivity contribution < 1.29 is 4.39 Å². The van der Waals surface area contributed by atoms with Crippen LogP contribution in [0.4, 0.5) is 10.1 Å². The summed E-state index contributed by atoms with van der Waals surface area (Å²) >= 11 is 0. The molecule has 2 rings (SSSR count). The highest BCUT2D eigenvalue weighted by Gasteiger charge is 2.17. The van der Waals surface area contributed by atoms with Crippen LogP contribution in [0.5, 0.6) is 0 Å². The Balaban J connectivity index is 1.96. The summed E-state index contributed by atoms with van der Waals surface area (Å²) < 4.78 is 14.2. The Hall–Kier alpha value is -1.09. The fraction of sp³-hybridized carbons (Fsp3) is 0.647. The standard InChI is InChI=1S/C17H27FN2/c1-3-19-12-15-9-10-17(16(18)11-15)20(2)13-14-7-5-4-6-8-14/h9-11,14,19H,3-8,12-13H2,1-2H3. The maximum absolute atomic E-state index is 14.2. The van der Waals surface area contributed by atoms with E-state index < -0.39 is 0 Å². The van der Waals surface area contributed by atoms with E-state index in [1.54, 1.807) is 6.07 Å². The number of nitrogens with one attached hydrogen (secondary N) is 1. The molecule has 1 aliphatic rings. The van der Waals surface area contributed by atoms with E-state index in [2.05, 4.69) is 17.1 Å². The lowest BCUT2D eigenvalue weighted by Crippen LogP contribution is -2.27. The Labute approximate surface area is 122 Å². The number of nitrogens with zero attached hydrogens (tertiary/aromatic N) is 1. The van der Waals surface area contributed by atoms with Crippen molar-refractivity contribution in [2.75, 3.05) is 25.0 Å². The molecule has 0 atom stereocenters. The van der Waals surface area contributed by atoms with Gasteiger partial charge in [0.15, 0.2) is 0 Å². The number of hydrogen-bond acceptors (Lipinski definition) is 2. The van der Waals surface area contributed by atoms with Crippen molar-refractivity contribution in [2.24, 2.45) is 5.92 Å². The van der Waals surface area contributed by atoms with Gasteiger partial charge in [-0.2, -0.15) is 0 Å². The zero-order valence-corrected chi connectivity index (χ0v) is 12.8. The minimum absolute atomic E-state index is 0.0984. The van der Waals surface area contributed by atoms with Gasteiger partial charge in [0.2, 0.25) is 0 Å². The predicted octanol–water partition coefficient (Wildman–Crippen LogP) is 3.95. The SMILES string of the molecule is CCNCc1ccc(N(C)CC2CCCCC2)c(F)c1. The highest BCUT2D eigenvalue weighted by atomic mass is 19.1. The average Bonchev–Trinajstić information content (AvgIpc) is 2.46. The number of benzene rings is 1. The zero-order valence-electron chi connectivity index (χ0n) is 12.8. The molecule has 0 aromatic heterocycles. The molecule has 1 aromatic rings. The first kappa shape index (κ1) is 15.3. The van der Waals surface area contributed by atoms with Crippen LogP contribution in [-0.4, -0.2) is 20.1 Å². The first-order chi connectivity index (χ1) is 9.70. The van der Waals surface area contributed by atoms with Crippen molar-refractivity contribution >= 4 is 5.69 Å². The Morgan fingerprint density at radius 1 is 1.25 bits per heavy atom. The molecule has 0 aliphatic heterocycles. The first-order valence-electron chi connectivity index (χ1n) is 7.91. The molecule has 0 bridgehead atoms. The summed E-state index contributed by atoms with van der Waals surface area (Å²) in [6, 6.07) is 5.61. The number of halogens is 1. The lowest BCUT2D eigenvalue weighted by Gasteiger charge is -2.28. The Kier molecular flexibility index (Phi) is 5.84. The second-order valence-electron chi connectivity index (χ2n) is 5.95. The summed E-state index contributed by atoms with van der Waals surface area (Å²) in [4.78, 5) is 2.09. The average molecular weight is 278 g/mol. The monoisotopic (exact) mass is 278 g/mol. The van der Waals surface area contributed by atoms with Crippen LogP contribution in [0.3, 0.4) is 0 Å². The van der Waals surface area contributed by atoms with Crippen LogP contribution >= 0.6 is 0 Å². The Morgan fingerprint density at radius 3 is 2.65 bits per heavy atom. The number of rotatable bonds is 6. The van der Waals surface area contributed by atoms with Gasteiger partial charge in [-0.1, -0.05) is 32.3 Å². The summed E-state index contributed by atoms with van der Waals surface area (Å²) in [5.41, 5.74) is 1.75. The molecule has 0 radical (unpaired) electrons. The van der Waals surface area contributed by atoms with Gasteiger partial charge in [0, 0.05) is 20.1 Å². The maximum Gasteiger partial charge on any atom is 0.146 e. The highest BCUT2D eigenvalue weighted by Crippen LogP contribution is 2.27. The van der Waals surface area contributed by atoms with Crippen molar-refractivity contribution in [3.8, 4) is 0 Å². The van der Waals surface area contributed by atoms with Gasteiger partial charge in [-0.15, -0.1) is 0 Å². The Bertz CT molecular complexity index is 413. The molecule has 0 unspecified atom stereocenters. The fourth-order valence-electron chi connectivity index (χ4n) is 3.09. The van der Waals surface area contributed by atoms with Gasteiger partial charge in [-0.3, -0.25) is 0 Å². The van der Waals surface area contributed by atoms with Crippen molar-refractivity contribution in [3.63, 3.8) is 0 Å². The van der Waals surface area contributed by atoms with E-state index >= 15 is 0 Å². The van der Waals surface area contributed by atoms with E-state index in [1.807, 2.05) is 19.2 Å². The minimum atomic E-state index is -0.0984. The quantitative estimate of drug-likeness (QED) is 0.847. The van der Waals surface area contributed by atoms with Crippen molar-refractivity contribution in [3.05, 3.63) is 29.6 Å². The molecule has 112 valence electrons. The first-order valence-corrected chi connectivity index (χ1v) is 7.91. The molecular formula is C17H27FN2. The highest BCUT2D eigenvalue weighted by molar-refractivity contribution is 5.48. The molecule has 2 nitrogen and oxygen atoms in total. The molecule has 20 heavy (non-hydrogen) atoms. The van der Waals surface area contributed by atoms with Crippen LogP contribution in [-0.2, 0) is 6.54 Å². The van der Waals surface area contributed by atoms with Gasteiger partial charge < -0.3 is 10.2 Å². The van der Waals surface area contributed by atoms with Crippen LogP contribution in [0.25, 0.3) is 0 Å². The van der Waals surface area contributed by atoms with Crippen LogP contribution in [0.1, 0.15) is 44.6 Å². The van der Waals surface area contributed by atoms with Gasteiger partial charge in [-0.25, -0.2) is 4.39 Å². The van der Waals surface area contributed by atoms with E-state index in [1.165, 1.54) is 32.1 Å². The topological polar surface area (TPSA) is 15.3 Å². The van der Waals surface area contributed by atoms with Crippen molar-refractivity contribution in [2.45, 2.75) is 45.6 Å². The smallest absolute Gasteiger partial charge is 0.146 e. The van der Waals surface area contributed by atoms with E-state index in [-0.39, 0.29) is 5.82 Å². The van der Waals surface area contributed by atoms with E-state index in [4.69, 9.17) is 0 Å². The van der Waals surface area contributed by atoms with Crippen LogP contribution < -0.4 is 10.2 Å². The third kappa shape index (κ3) is 4.20. The molecule has 1 aromatic carbocycles. The number of hydrogen-bond donors (Lipinski definition) is 1.